The molecule has 282 valence electrons. The summed E-state index contributed by atoms with van der Waals surface area (Å²) >= 11 is 0. The van der Waals surface area contributed by atoms with Crippen molar-refractivity contribution in [3.63, 3.8) is 0 Å². The maximum Gasteiger partial charge on any atom is 0.491 e. The number of halogens is 7. The summed E-state index contributed by atoms with van der Waals surface area (Å²) in [6.07, 6.45) is -10.5. The number of nitrogens with one attached hydrogen (secondary N) is 1. The quantitative estimate of drug-likeness (QED) is 0.174. The summed E-state index contributed by atoms with van der Waals surface area (Å²) in [5.41, 5.74) is -4.13. The average Bonchev–Trinajstić information content (AvgIpc) is 3.25. The molecule has 5 amide bonds. The smallest absolute Gasteiger partial charge is 0.383 e. The van der Waals surface area contributed by atoms with E-state index in [1.165, 1.54) is 21.9 Å². The van der Waals surface area contributed by atoms with Gasteiger partial charge in [-0.25, -0.2) is 18.8 Å². The van der Waals surface area contributed by atoms with Gasteiger partial charge in [0.15, 0.2) is 0 Å². The van der Waals surface area contributed by atoms with Crippen molar-refractivity contribution in [1.82, 2.24) is 20.0 Å². The van der Waals surface area contributed by atoms with Gasteiger partial charge in [-0.3, -0.25) is 24.2 Å². The molecular formula is C33H34F7N5O7. The van der Waals surface area contributed by atoms with E-state index in [1.807, 2.05) is 0 Å². The lowest BCUT2D eigenvalue weighted by Crippen LogP contribution is -2.60. The molecule has 19 heteroatoms. The number of amides is 5. The molecule has 2 aliphatic heterocycles. The number of carbonyl (C=O) groups excluding carboxylic acids is 6. The number of anilines is 1. The maximum absolute atomic E-state index is 14.4. The van der Waals surface area contributed by atoms with Gasteiger partial charge in [-0.05, 0) is 75.3 Å². The standard InChI is InChI=1S/C33H34F7N5O7/c1-18(2)24(41-25(46)22-17-20(32(35,36)37)7-10-23(22)34)26(47)43-13-11-31(12-14-43)28(49)44(16-15-42(3)4)30(51)45(31)21-8-5-19(6-9-21)27(48)52-29(50)33(38,39)40/h5-10,17-18,24H,11-16H2,1-4H3,(H,41,46)/t24-/m1/s1. The second kappa shape index (κ2) is 14.9. The molecule has 1 spiro atoms. The minimum absolute atomic E-state index is 0.0247. The summed E-state index contributed by atoms with van der Waals surface area (Å²) < 4.78 is 95.7. The number of rotatable bonds is 9. The van der Waals surface area contributed by atoms with Crippen LogP contribution in [0.5, 0.6) is 0 Å². The molecule has 2 aliphatic rings. The van der Waals surface area contributed by atoms with Gasteiger partial charge in [-0.2, -0.15) is 26.3 Å². The van der Waals surface area contributed by atoms with Crippen LogP contribution in [-0.4, -0.2) is 108 Å². The molecule has 4 rings (SSSR count). The molecular weight excluding hydrogens is 711 g/mol. The molecule has 0 bridgehead atoms. The summed E-state index contributed by atoms with van der Waals surface area (Å²) in [7, 11) is 3.44. The number of esters is 2. The van der Waals surface area contributed by atoms with Crippen molar-refractivity contribution >= 4 is 41.4 Å². The lowest BCUT2D eigenvalue weighted by atomic mass is 9.84. The highest BCUT2D eigenvalue weighted by Crippen LogP contribution is 2.41. The Labute approximate surface area is 292 Å². The number of alkyl halides is 6. The minimum Gasteiger partial charge on any atom is -0.383 e. The van der Waals surface area contributed by atoms with Crippen LogP contribution < -0.4 is 10.2 Å². The van der Waals surface area contributed by atoms with Gasteiger partial charge in [-0.1, -0.05) is 13.8 Å². The first-order valence-electron chi connectivity index (χ1n) is 15.8. The SMILES string of the molecule is CC(C)[C@@H](NC(=O)c1cc(C(F)(F)F)ccc1F)C(=O)N1CCC2(CC1)C(=O)N(CCN(C)C)C(=O)N2c1ccc(C(=O)OC(=O)C(F)(F)F)cc1. The Hall–Kier alpha value is -5.07. The summed E-state index contributed by atoms with van der Waals surface area (Å²) in [6, 6.07) is 3.64. The largest absolute Gasteiger partial charge is 0.491 e. The van der Waals surface area contributed by atoms with Gasteiger partial charge >= 0.3 is 30.3 Å². The second-order valence-corrected chi connectivity index (χ2v) is 12.8. The number of piperidine rings is 1. The van der Waals surface area contributed by atoms with Crippen molar-refractivity contribution in [2.24, 2.45) is 5.92 Å². The third kappa shape index (κ3) is 8.18. The molecule has 52 heavy (non-hydrogen) atoms. The third-order valence-corrected chi connectivity index (χ3v) is 8.70. The average molecular weight is 746 g/mol. The third-order valence-electron chi connectivity index (χ3n) is 8.70. The van der Waals surface area contributed by atoms with E-state index < -0.39 is 88.1 Å². The number of nitrogens with zero attached hydrogens (tertiary/aromatic N) is 4. The highest BCUT2D eigenvalue weighted by molar-refractivity contribution is 6.17. The van der Waals surface area contributed by atoms with Crippen LogP contribution >= 0.6 is 0 Å². The number of ether oxygens (including phenoxy) is 1. The number of likely N-dealkylation sites (tertiary alicyclic amines) is 1. The van der Waals surface area contributed by atoms with Crippen LogP contribution in [0.3, 0.4) is 0 Å². The van der Waals surface area contributed by atoms with Crippen LogP contribution in [0, 0.1) is 11.7 Å². The van der Waals surface area contributed by atoms with Gasteiger partial charge in [0.25, 0.3) is 11.8 Å². The van der Waals surface area contributed by atoms with Crippen LogP contribution in [0.1, 0.15) is 53.0 Å². The number of likely N-dealkylation sites (N-methyl/N-ethyl adjacent to an activating group) is 1. The fourth-order valence-electron chi connectivity index (χ4n) is 5.88. The molecule has 12 nitrogen and oxygen atoms in total. The summed E-state index contributed by atoms with van der Waals surface area (Å²) in [6.45, 7) is 3.08. The van der Waals surface area contributed by atoms with Gasteiger partial charge in [0, 0.05) is 31.9 Å². The van der Waals surface area contributed by atoms with Crippen molar-refractivity contribution in [2.45, 2.75) is 50.6 Å². The zero-order valence-corrected chi connectivity index (χ0v) is 28.2. The Bertz CT molecular complexity index is 1740. The van der Waals surface area contributed by atoms with Crippen LogP contribution in [-0.2, 0) is 25.3 Å². The first-order valence-corrected chi connectivity index (χ1v) is 15.8. The van der Waals surface area contributed by atoms with Crippen molar-refractivity contribution in [3.8, 4) is 0 Å². The van der Waals surface area contributed by atoms with Gasteiger partial charge in [0.1, 0.15) is 17.4 Å². The first-order chi connectivity index (χ1) is 24.1. The molecule has 1 N–H and O–H groups in total. The van der Waals surface area contributed by atoms with Crippen LogP contribution in [0.4, 0.5) is 41.2 Å². The van der Waals surface area contributed by atoms with Crippen LogP contribution in [0.2, 0.25) is 0 Å². The molecule has 2 aromatic rings. The predicted molar refractivity (Wildman–Crippen MR) is 167 cm³/mol. The van der Waals surface area contributed by atoms with Crippen molar-refractivity contribution in [2.75, 3.05) is 45.2 Å². The first kappa shape index (κ1) is 39.7. The van der Waals surface area contributed by atoms with E-state index in [1.54, 1.807) is 32.8 Å². The van der Waals surface area contributed by atoms with Gasteiger partial charge in [-0.15, -0.1) is 0 Å². The fourth-order valence-corrected chi connectivity index (χ4v) is 5.88. The number of hydrogen-bond acceptors (Lipinski definition) is 8. The highest BCUT2D eigenvalue weighted by atomic mass is 19.4. The molecule has 0 unspecified atom stereocenters. The highest BCUT2D eigenvalue weighted by Gasteiger charge is 2.59. The van der Waals surface area contributed by atoms with Crippen molar-refractivity contribution in [3.05, 3.63) is 65.0 Å². The number of hydrogen-bond donors (Lipinski definition) is 1. The molecule has 2 aromatic carbocycles. The van der Waals surface area contributed by atoms with E-state index in [0.717, 1.165) is 17.0 Å². The number of carbonyl (C=O) groups is 6. The Balaban J connectivity index is 1.57. The van der Waals surface area contributed by atoms with Gasteiger partial charge in [0.2, 0.25) is 5.91 Å². The molecule has 0 aliphatic carbocycles. The Morgan fingerprint density at radius 3 is 2.06 bits per heavy atom. The molecule has 2 saturated heterocycles. The number of urea groups is 1. The van der Waals surface area contributed by atoms with Crippen LogP contribution in [0.15, 0.2) is 42.5 Å². The van der Waals surface area contributed by atoms with Crippen LogP contribution in [0.25, 0.3) is 0 Å². The molecule has 0 saturated carbocycles. The van der Waals surface area contributed by atoms with E-state index in [0.29, 0.717) is 18.2 Å². The Morgan fingerprint density at radius 2 is 1.54 bits per heavy atom. The lowest BCUT2D eigenvalue weighted by Gasteiger charge is -2.43. The van der Waals surface area contributed by atoms with Gasteiger partial charge < -0.3 is 19.9 Å². The zero-order valence-electron chi connectivity index (χ0n) is 28.2. The molecule has 2 fully saturated rings. The molecule has 1 atom stereocenters. The van der Waals surface area contributed by atoms with Crippen molar-refractivity contribution < 1.29 is 64.2 Å². The fraction of sp³-hybridized carbons (Fsp3) is 0.455. The normalized spacial score (nSPS) is 16.9. The minimum atomic E-state index is -5.42. The lowest BCUT2D eigenvalue weighted by molar-refractivity contribution is -0.193. The van der Waals surface area contributed by atoms with E-state index in [2.05, 4.69) is 10.1 Å². The second-order valence-electron chi connectivity index (χ2n) is 12.8. The Kier molecular flexibility index (Phi) is 11.4. The van der Waals surface area contributed by atoms with E-state index in [-0.39, 0.29) is 44.7 Å². The summed E-state index contributed by atoms with van der Waals surface area (Å²) in [5.74, 6) is -8.70. The van der Waals surface area contributed by atoms with E-state index in [4.69, 9.17) is 0 Å². The summed E-state index contributed by atoms with van der Waals surface area (Å²) in [4.78, 5) is 82.9. The topological polar surface area (TPSA) is 137 Å². The zero-order chi connectivity index (χ0) is 38.9. The predicted octanol–water partition coefficient (Wildman–Crippen LogP) is 4.24. The molecule has 0 aromatic heterocycles. The summed E-state index contributed by atoms with van der Waals surface area (Å²) in [5, 5.41) is 2.33. The van der Waals surface area contributed by atoms with E-state index >= 15 is 0 Å². The van der Waals surface area contributed by atoms with Gasteiger partial charge in [0.05, 0.1) is 16.7 Å². The molecule has 2 heterocycles. The number of benzene rings is 2. The van der Waals surface area contributed by atoms with E-state index in [9.17, 15) is 59.5 Å². The maximum atomic E-state index is 14.4. The number of imide groups is 1. The van der Waals surface area contributed by atoms with Crippen molar-refractivity contribution in [1.29, 1.82) is 0 Å². The molecule has 0 radical (unpaired) electrons. The monoisotopic (exact) mass is 745 g/mol. The Morgan fingerprint density at radius 1 is 0.942 bits per heavy atom.